The number of hydrogen-bond donors (Lipinski definition) is 2. The highest BCUT2D eigenvalue weighted by Gasteiger charge is 2.22. The first kappa shape index (κ1) is 22.9. The lowest BCUT2D eigenvalue weighted by molar-refractivity contribution is 0.430. The number of unbranched alkanes of at least 4 members (excludes halogenated alkanes) is 7. The summed E-state index contributed by atoms with van der Waals surface area (Å²) < 4.78 is 0. The van der Waals surface area contributed by atoms with Gasteiger partial charge in [-0.15, -0.1) is 0 Å². The van der Waals surface area contributed by atoms with Crippen LogP contribution >= 0.6 is 0 Å². The minimum absolute atomic E-state index is 0.0692. The van der Waals surface area contributed by atoms with Crippen molar-refractivity contribution in [2.24, 2.45) is 0 Å². The van der Waals surface area contributed by atoms with Crippen molar-refractivity contribution >= 4 is 0 Å². The zero-order valence-corrected chi connectivity index (χ0v) is 18.8. The Morgan fingerprint density at radius 3 is 1.68 bits per heavy atom. The van der Waals surface area contributed by atoms with Crippen LogP contribution in [-0.4, -0.2) is 10.2 Å². The fourth-order valence-corrected chi connectivity index (χ4v) is 4.40. The second-order valence-corrected chi connectivity index (χ2v) is 8.48. The van der Waals surface area contributed by atoms with Crippen LogP contribution in [0.3, 0.4) is 0 Å². The van der Waals surface area contributed by atoms with Crippen molar-refractivity contribution in [3.8, 4) is 11.5 Å². The van der Waals surface area contributed by atoms with Crippen molar-refractivity contribution in [1.29, 1.82) is 0 Å². The molecule has 3 aromatic carbocycles. The van der Waals surface area contributed by atoms with E-state index in [1.54, 1.807) is 6.07 Å². The van der Waals surface area contributed by atoms with Crippen molar-refractivity contribution in [3.63, 3.8) is 0 Å². The number of rotatable bonds is 12. The summed E-state index contributed by atoms with van der Waals surface area (Å²) in [6.07, 6.45) is 10.6. The van der Waals surface area contributed by atoms with Gasteiger partial charge in [-0.05, 0) is 30.0 Å². The summed E-state index contributed by atoms with van der Waals surface area (Å²) in [5.41, 5.74) is 3.80. The van der Waals surface area contributed by atoms with Crippen LogP contribution in [-0.2, 0) is 6.42 Å². The molecule has 3 aromatic rings. The molecule has 0 atom stereocenters. The zero-order valence-electron chi connectivity index (χ0n) is 18.8. The maximum Gasteiger partial charge on any atom is 0.126 e. The topological polar surface area (TPSA) is 40.5 Å². The first-order valence-corrected chi connectivity index (χ1v) is 11.9. The average Bonchev–Trinajstić information content (AvgIpc) is 2.80. The van der Waals surface area contributed by atoms with E-state index in [0.29, 0.717) is 12.0 Å². The molecule has 0 fully saturated rings. The van der Waals surface area contributed by atoms with E-state index in [-0.39, 0.29) is 17.4 Å². The summed E-state index contributed by atoms with van der Waals surface area (Å²) in [5, 5.41) is 21.7. The molecule has 0 bridgehead atoms. The molecule has 0 unspecified atom stereocenters. The molecule has 0 amide bonds. The van der Waals surface area contributed by atoms with E-state index in [9.17, 15) is 10.2 Å². The fourth-order valence-electron chi connectivity index (χ4n) is 4.40. The summed E-state index contributed by atoms with van der Waals surface area (Å²) in [6.45, 7) is 2.24. The molecule has 31 heavy (non-hydrogen) atoms. The van der Waals surface area contributed by atoms with Crippen LogP contribution in [0, 0.1) is 0 Å². The van der Waals surface area contributed by atoms with E-state index < -0.39 is 0 Å². The normalized spacial score (nSPS) is 11.2. The van der Waals surface area contributed by atoms with Gasteiger partial charge >= 0.3 is 0 Å². The lowest BCUT2D eigenvalue weighted by Crippen LogP contribution is -2.05. The Kier molecular flexibility index (Phi) is 9.02. The van der Waals surface area contributed by atoms with Crippen LogP contribution in [0.15, 0.2) is 72.8 Å². The SMILES string of the molecule is CCCCCCCCCCc1c(O)ccc(C(c2ccccc2)c2ccccc2)c1O. The maximum atomic E-state index is 11.2. The van der Waals surface area contributed by atoms with Crippen molar-refractivity contribution in [2.45, 2.75) is 70.6 Å². The minimum Gasteiger partial charge on any atom is -0.508 e. The van der Waals surface area contributed by atoms with E-state index in [4.69, 9.17) is 0 Å². The average molecular weight is 417 g/mol. The molecule has 0 aliphatic carbocycles. The summed E-state index contributed by atoms with van der Waals surface area (Å²) in [7, 11) is 0. The van der Waals surface area contributed by atoms with Crippen LogP contribution in [0.1, 0.15) is 86.5 Å². The first-order valence-electron chi connectivity index (χ1n) is 11.9. The van der Waals surface area contributed by atoms with Crippen LogP contribution in [0.4, 0.5) is 0 Å². The molecule has 0 spiro atoms. The van der Waals surface area contributed by atoms with Crippen molar-refractivity contribution in [1.82, 2.24) is 0 Å². The Hall–Kier alpha value is -2.74. The summed E-state index contributed by atoms with van der Waals surface area (Å²) in [6, 6.07) is 24.2. The molecule has 0 aromatic heterocycles. The highest BCUT2D eigenvalue weighted by molar-refractivity contribution is 5.55. The summed E-state index contributed by atoms with van der Waals surface area (Å²) >= 11 is 0. The highest BCUT2D eigenvalue weighted by Crippen LogP contribution is 2.41. The van der Waals surface area contributed by atoms with Crippen LogP contribution in [0.2, 0.25) is 0 Å². The smallest absolute Gasteiger partial charge is 0.126 e. The third kappa shape index (κ3) is 6.37. The van der Waals surface area contributed by atoms with Gasteiger partial charge in [0.2, 0.25) is 0 Å². The van der Waals surface area contributed by atoms with Gasteiger partial charge in [-0.1, -0.05) is 119 Å². The fraction of sp³-hybridized carbons (Fsp3) is 0.379. The predicted molar refractivity (Wildman–Crippen MR) is 130 cm³/mol. The molecule has 164 valence electrons. The van der Waals surface area contributed by atoms with Crippen LogP contribution < -0.4 is 0 Å². The molecular formula is C29H36O2. The molecule has 0 heterocycles. The van der Waals surface area contributed by atoms with Gasteiger partial charge < -0.3 is 10.2 Å². The minimum atomic E-state index is -0.0692. The summed E-state index contributed by atoms with van der Waals surface area (Å²) in [5.74, 6) is 0.366. The van der Waals surface area contributed by atoms with Gasteiger partial charge in [0, 0.05) is 17.0 Å². The van der Waals surface area contributed by atoms with Crippen LogP contribution in [0.25, 0.3) is 0 Å². The number of phenolic OH excluding ortho intramolecular Hbond substituents is 2. The van der Waals surface area contributed by atoms with E-state index in [2.05, 4.69) is 31.2 Å². The van der Waals surface area contributed by atoms with E-state index in [0.717, 1.165) is 29.5 Å². The van der Waals surface area contributed by atoms with Crippen molar-refractivity contribution < 1.29 is 10.2 Å². The molecule has 0 saturated heterocycles. The van der Waals surface area contributed by atoms with Gasteiger partial charge in [-0.3, -0.25) is 0 Å². The Morgan fingerprint density at radius 1 is 0.613 bits per heavy atom. The third-order valence-corrected chi connectivity index (χ3v) is 6.15. The first-order chi connectivity index (χ1) is 15.2. The van der Waals surface area contributed by atoms with Gasteiger partial charge in [0.1, 0.15) is 11.5 Å². The van der Waals surface area contributed by atoms with E-state index in [1.165, 1.54) is 38.5 Å². The summed E-state index contributed by atoms with van der Waals surface area (Å²) in [4.78, 5) is 0. The quantitative estimate of drug-likeness (QED) is 0.232. The number of aromatic hydroxyl groups is 2. The number of hydrogen-bond acceptors (Lipinski definition) is 2. The van der Waals surface area contributed by atoms with Gasteiger partial charge in [0.15, 0.2) is 0 Å². The largest absolute Gasteiger partial charge is 0.508 e. The molecular weight excluding hydrogens is 380 g/mol. The number of phenols is 2. The Labute approximate surface area is 187 Å². The van der Waals surface area contributed by atoms with Crippen molar-refractivity contribution in [3.05, 3.63) is 95.1 Å². The van der Waals surface area contributed by atoms with E-state index >= 15 is 0 Å². The molecule has 3 rings (SSSR count). The Balaban J connectivity index is 1.76. The third-order valence-electron chi connectivity index (χ3n) is 6.15. The van der Waals surface area contributed by atoms with Crippen molar-refractivity contribution in [2.75, 3.05) is 0 Å². The Morgan fingerprint density at radius 2 is 1.13 bits per heavy atom. The van der Waals surface area contributed by atoms with Gasteiger partial charge in [0.25, 0.3) is 0 Å². The van der Waals surface area contributed by atoms with Gasteiger partial charge in [0.05, 0.1) is 0 Å². The zero-order chi connectivity index (χ0) is 21.9. The second kappa shape index (κ2) is 12.2. The Bertz CT molecular complexity index is 863. The lowest BCUT2D eigenvalue weighted by atomic mass is 9.83. The standard InChI is InChI=1S/C29H36O2/c1-2-3-4-5-6-7-8-15-20-25-27(30)22-21-26(29(25)31)28(23-16-11-9-12-17-23)24-18-13-10-14-19-24/h9-14,16-19,21-22,28,30-31H,2-8,15,20H2,1H3. The highest BCUT2D eigenvalue weighted by atomic mass is 16.3. The molecule has 0 radical (unpaired) electrons. The van der Waals surface area contributed by atoms with E-state index in [1.807, 2.05) is 42.5 Å². The number of benzene rings is 3. The molecule has 0 saturated carbocycles. The molecule has 2 N–H and O–H groups in total. The molecule has 0 aliphatic heterocycles. The van der Waals surface area contributed by atoms with Gasteiger partial charge in [-0.25, -0.2) is 0 Å². The van der Waals surface area contributed by atoms with Crippen LogP contribution in [0.5, 0.6) is 11.5 Å². The molecule has 2 heteroatoms. The predicted octanol–water partition coefficient (Wildman–Crippen LogP) is 7.96. The monoisotopic (exact) mass is 416 g/mol. The van der Waals surface area contributed by atoms with Gasteiger partial charge in [-0.2, -0.15) is 0 Å². The molecule has 0 aliphatic rings. The lowest BCUT2D eigenvalue weighted by Gasteiger charge is -2.22. The maximum absolute atomic E-state index is 11.2. The second-order valence-electron chi connectivity index (χ2n) is 8.48. The molecule has 2 nitrogen and oxygen atoms in total.